The predicted octanol–water partition coefficient (Wildman–Crippen LogP) is 4.38. The first-order valence-electron chi connectivity index (χ1n) is 15.2. The van der Waals surface area contributed by atoms with E-state index in [9.17, 15) is 24.3 Å². The highest BCUT2D eigenvalue weighted by Gasteiger charge is 2.32. The number of nitrogens with one attached hydrogen (secondary N) is 3. The maximum absolute atomic E-state index is 13.1. The molecule has 0 saturated carbocycles. The van der Waals surface area contributed by atoms with Crippen molar-refractivity contribution in [3.8, 4) is 11.1 Å². The monoisotopic (exact) mass is 619 g/mol. The predicted molar refractivity (Wildman–Crippen MR) is 172 cm³/mol. The van der Waals surface area contributed by atoms with Crippen LogP contribution < -0.4 is 16.0 Å². The van der Waals surface area contributed by atoms with Crippen LogP contribution in [0.15, 0.2) is 73.8 Å². The Kier molecular flexibility index (Phi) is 12.9. The Bertz CT molecular complexity index is 1330. The highest BCUT2D eigenvalue weighted by molar-refractivity contribution is 5.86. The van der Waals surface area contributed by atoms with Crippen molar-refractivity contribution in [1.29, 1.82) is 0 Å². The molecule has 3 rings (SSSR count). The summed E-state index contributed by atoms with van der Waals surface area (Å²) < 4.78 is 11.2. The second-order valence-electron chi connectivity index (χ2n) is 11.9. The lowest BCUT2D eigenvalue weighted by molar-refractivity contribution is -0.149. The van der Waals surface area contributed by atoms with Crippen LogP contribution in [0.25, 0.3) is 11.1 Å². The largest absolute Gasteiger partial charge is 0.462 e. The summed E-state index contributed by atoms with van der Waals surface area (Å²) in [6.07, 6.45) is 3.32. The molecule has 0 aliphatic heterocycles. The fourth-order valence-corrected chi connectivity index (χ4v) is 5.23. The van der Waals surface area contributed by atoms with Crippen molar-refractivity contribution in [2.45, 2.75) is 70.0 Å². The molecule has 10 nitrogen and oxygen atoms in total. The van der Waals surface area contributed by atoms with Crippen LogP contribution in [0.1, 0.15) is 63.5 Å². The lowest BCUT2D eigenvalue weighted by Gasteiger charge is -2.29. The SMILES string of the molecule is C=CCC[C@H](NC(=O)OCC1c2ccccc2-c2ccccc21)C(=O)OCC(C)(C)NC(=O)[C@@H](CC=C)CC(=O)N[C@H](C)CO. The molecule has 1 aliphatic rings. The van der Waals surface area contributed by atoms with E-state index in [1.165, 1.54) is 0 Å². The normalized spacial score (nSPS) is 14.1. The summed E-state index contributed by atoms with van der Waals surface area (Å²) in [4.78, 5) is 51.3. The number of carbonyl (C=O) groups is 4. The third-order valence-corrected chi connectivity index (χ3v) is 7.55. The van der Waals surface area contributed by atoms with Gasteiger partial charge in [-0.05, 0) is 62.3 Å². The van der Waals surface area contributed by atoms with Crippen molar-refractivity contribution in [3.05, 3.63) is 85.0 Å². The molecule has 3 amide bonds. The Balaban J connectivity index is 1.56. The van der Waals surface area contributed by atoms with E-state index in [0.717, 1.165) is 22.3 Å². The van der Waals surface area contributed by atoms with Gasteiger partial charge in [-0.25, -0.2) is 9.59 Å². The van der Waals surface area contributed by atoms with Gasteiger partial charge >= 0.3 is 12.1 Å². The molecule has 2 aromatic carbocycles. The highest BCUT2D eigenvalue weighted by Crippen LogP contribution is 2.44. The van der Waals surface area contributed by atoms with E-state index in [1.807, 2.05) is 36.4 Å². The number of fused-ring (bicyclic) bond motifs is 3. The number of hydrogen-bond donors (Lipinski definition) is 4. The molecule has 0 bridgehead atoms. The number of aliphatic hydroxyl groups excluding tert-OH is 1. The second kappa shape index (κ2) is 16.6. The van der Waals surface area contributed by atoms with Gasteiger partial charge in [0.05, 0.1) is 18.1 Å². The lowest BCUT2D eigenvalue weighted by atomic mass is 9.97. The van der Waals surface area contributed by atoms with Gasteiger partial charge in [-0.2, -0.15) is 0 Å². The van der Waals surface area contributed by atoms with Crippen LogP contribution in [-0.4, -0.2) is 66.4 Å². The fourth-order valence-electron chi connectivity index (χ4n) is 5.23. The Labute approximate surface area is 265 Å². The van der Waals surface area contributed by atoms with E-state index >= 15 is 0 Å². The maximum Gasteiger partial charge on any atom is 0.407 e. The van der Waals surface area contributed by atoms with Gasteiger partial charge in [-0.1, -0.05) is 60.7 Å². The number of alkyl carbamates (subject to hydrolysis) is 1. The molecular formula is C35H45N3O7. The highest BCUT2D eigenvalue weighted by atomic mass is 16.6. The number of allylic oxidation sites excluding steroid dienone is 2. The van der Waals surface area contributed by atoms with E-state index in [4.69, 9.17) is 9.47 Å². The van der Waals surface area contributed by atoms with Crippen LogP contribution >= 0.6 is 0 Å². The van der Waals surface area contributed by atoms with Gasteiger partial charge in [0.25, 0.3) is 0 Å². The molecule has 1 aliphatic carbocycles. The minimum Gasteiger partial charge on any atom is -0.462 e. The van der Waals surface area contributed by atoms with Crippen LogP contribution in [-0.2, 0) is 23.9 Å². The molecule has 0 aromatic heterocycles. The summed E-state index contributed by atoms with van der Waals surface area (Å²) in [5.74, 6) is -2.26. The molecule has 0 fully saturated rings. The molecule has 0 radical (unpaired) electrons. The number of ether oxygens (including phenoxy) is 2. The van der Waals surface area contributed by atoms with E-state index in [0.29, 0.717) is 6.42 Å². The number of rotatable bonds is 17. The quantitative estimate of drug-likeness (QED) is 0.152. The minimum absolute atomic E-state index is 0.0915. The Morgan fingerprint density at radius 2 is 1.58 bits per heavy atom. The third-order valence-electron chi connectivity index (χ3n) is 7.55. The fraction of sp³-hybridized carbons (Fsp3) is 0.429. The molecule has 0 saturated heterocycles. The summed E-state index contributed by atoms with van der Waals surface area (Å²) in [5, 5.41) is 17.3. The number of carbonyl (C=O) groups excluding carboxylic acids is 4. The van der Waals surface area contributed by atoms with E-state index < -0.39 is 41.5 Å². The van der Waals surface area contributed by atoms with Gasteiger partial charge < -0.3 is 30.5 Å². The topological polar surface area (TPSA) is 143 Å². The van der Waals surface area contributed by atoms with Crippen molar-refractivity contribution in [2.24, 2.45) is 5.92 Å². The summed E-state index contributed by atoms with van der Waals surface area (Å²) in [6, 6.07) is 14.6. The summed E-state index contributed by atoms with van der Waals surface area (Å²) in [7, 11) is 0. The molecule has 0 spiro atoms. The lowest BCUT2D eigenvalue weighted by Crippen LogP contribution is -2.51. The number of aliphatic hydroxyl groups is 1. The summed E-state index contributed by atoms with van der Waals surface area (Å²) >= 11 is 0. The molecule has 10 heteroatoms. The summed E-state index contributed by atoms with van der Waals surface area (Å²) in [6.45, 7) is 12.1. The van der Waals surface area contributed by atoms with Gasteiger partial charge in [0, 0.05) is 18.4 Å². The smallest absolute Gasteiger partial charge is 0.407 e. The van der Waals surface area contributed by atoms with Gasteiger partial charge in [0.1, 0.15) is 19.3 Å². The number of benzene rings is 2. The molecule has 3 atom stereocenters. The first kappa shape index (κ1) is 35.0. The molecule has 0 unspecified atom stereocenters. The molecule has 242 valence electrons. The Hall–Kier alpha value is -4.44. The van der Waals surface area contributed by atoms with Crippen LogP contribution in [0.5, 0.6) is 0 Å². The Morgan fingerprint density at radius 3 is 2.16 bits per heavy atom. The number of esters is 1. The zero-order valence-corrected chi connectivity index (χ0v) is 26.3. The van der Waals surface area contributed by atoms with Gasteiger partial charge in [-0.3, -0.25) is 9.59 Å². The molecule has 0 heterocycles. The van der Waals surface area contributed by atoms with Crippen LogP contribution in [0.3, 0.4) is 0 Å². The average Bonchev–Trinajstić information content (AvgIpc) is 3.33. The molecule has 2 aromatic rings. The molecule has 4 N–H and O–H groups in total. The van der Waals surface area contributed by atoms with Crippen molar-refractivity contribution >= 4 is 23.9 Å². The van der Waals surface area contributed by atoms with Crippen molar-refractivity contribution < 1.29 is 33.8 Å². The van der Waals surface area contributed by atoms with E-state index in [2.05, 4.69) is 41.2 Å². The van der Waals surface area contributed by atoms with Crippen LogP contribution in [0, 0.1) is 5.92 Å². The van der Waals surface area contributed by atoms with Crippen molar-refractivity contribution in [3.63, 3.8) is 0 Å². The van der Waals surface area contributed by atoms with E-state index in [-0.39, 0.29) is 50.9 Å². The molecule has 45 heavy (non-hydrogen) atoms. The van der Waals surface area contributed by atoms with Gasteiger partial charge in [0.2, 0.25) is 11.8 Å². The van der Waals surface area contributed by atoms with E-state index in [1.54, 1.807) is 32.9 Å². The number of amides is 3. The first-order valence-corrected chi connectivity index (χ1v) is 15.2. The Morgan fingerprint density at radius 1 is 0.956 bits per heavy atom. The minimum atomic E-state index is -0.990. The first-order chi connectivity index (χ1) is 21.5. The third kappa shape index (κ3) is 10.0. The molecular weight excluding hydrogens is 574 g/mol. The zero-order valence-electron chi connectivity index (χ0n) is 26.3. The average molecular weight is 620 g/mol. The van der Waals surface area contributed by atoms with Gasteiger partial charge in [0.15, 0.2) is 0 Å². The van der Waals surface area contributed by atoms with Crippen LogP contribution in [0.2, 0.25) is 0 Å². The summed E-state index contributed by atoms with van der Waals surface area (Å²) in [5.41, 5.74) is 3.40. The maximum atomic E-state index is 13.1. The number of hydrogen-bond acceptors (Lipinski definition) is 7. The van der Waals surface area contributed by atoms with Crippen molar-refractivity contribution in [1.82, 2.24) is 16.0 Å². The second-order valence-corrected chi connectivity index (χ2v) is 11.9. The standard InChI is InChI=1S/C35H45N3O7/c1-6-8-18-30(37-34(43)44-21-29-27-16-11-9-14-25(27)26-15-10-12-17-28(26)29)33(42)45-22-35(4,5)38-32(41)24(13-7-2)19-31(40)36-23(3)20-39/h6-7,9-12,14-17,23-24,29-30,39H,1-2,8,13,18-22H2,3-5H3,(H,36,40)(H,37,43)(H,38,41)/t23-,24+,30+/m1/s1. The van der Waals surface area contributed by atoms with Crippen molar-refractivity contribution in [2.75, 3.05) is 19.8 Å². The zero-order chi connectivity index (χ0) is 33.0. The van der Waals surface area contributed by atoms with Crippen LogP contribution in [0.4, 0.5) is 4.79 Å². The van der Waals surface area contributed by atoms with Gasteiger partial charge in [-0.15, -0.1) is 13.2 Å².